The third-order valence-electron chi connectivity index (χ3n) is 1.20. The number of thioether (sulfide) groups is 1. The van der Waals surface area contributed by atoms with Crippen LogP contribution in [0.1, 0.15) is 0 Å². The first-order valence-corrected chi connectivity index (χ1v) is 7.16. The van der Waals surface area contributed by atoms with Crippen molar-refractivity contribution < 1.29 is 0 Å². The zero-order valence-corrected chi connectivity index (χ0v) is 9.18. The van der Waals surface area contributed by atoms with E-state index in [9.17, 15) is 5.21 Å². The minimum absolute atomic E-state index is 0.485. The standard InChI is InChI=1S/C7H10NOS3/c1-10-6-11-12-7-4-2-3-5-8(7)9/h2-4H,5-6H2,1H3/q-1. The van der Waals surface area contributed by atoms with Crippen molar-refractivity contribution in [2.24, 2.45) is 0 Å². The Balaban J connectivity index is 2.29. The van der Waals surface area contributed by atoms with Gasteiger partial charge >= 0.3 is 0 Å². The van der Waals surface area contributed by atoms with Gasteiger partial charge in [-0.3, -0.25) is 0 Å². The van der Waals surface area contributed by atoms with Crippen LogP contribution in [0.4, 0.5) is 0 Å². The highest BCUT2D eigenvalue weighted by Gasteiger charge is 2.01. The molecule has 0 aliphatic carbocycles. The molecule has 0 saturated heterocycles. The Bertz CT molecular complexity index is 193. The highest BCUT2D eigenvalue weighted by Crippen LogP contribution is 2.34. The third-order valence-corrected chi connectivity index (χ3v) is 4.89. The average Bonchev–Trinajstić information content (AvgIpc) is 2.09. The van der Waals surface area contributed by atoms with Crippen LogP contribution in [0.3, 0.4) is 0 Å². The zero-order chi connectivity index (χ0) is 8.81. The lowest BCUT2D eigenvalue weighted by molar-refractivity contribution is 0.551. The topological polar surface area (TPSA) is 26.3 Å². The van der Waals surface area contributed by atoms with Gasteiger partial charge in [-0.2, -0.15) is 11.8 Å². The molecule has 0 unspecified atom stereocenters. The minimum atomic E-state index is 0.485. The molecule has 0 bridgehead atoms. The van der Waals surface area contributed by atoms with Crippen molar-refractivity contribution in [2.45, 2.75) is 0 Å². The first-order chi connectivity index (χ1) is 5.84. The molecule has 5 heteroatoms. The summed E-state index contributed by atoms with van der Waals surface area (Å²) in [6.45, 7) is 0.485. The van der Waals surface area contributed by atoms with Gasteiger partial charge in [0.1, 0.15) is 0 Å². The van der Waals surface area contributed by atoms with Gasteiger partial charge in [0.05, 0.1) is 5.03 Å². The lowest BCUT2D eigenvalue weighted by Gasteiger charge is -2.32. The van der Waals surface area contributed by atoms with E-state index in [2.05, 4.69) is 6.26 Å². The Morgan fingerprint density at radius 2 is 2.50 bits per heavy atom. The van der Waals surface area contributed by atoms with Crippen LogP contribution >= 0.6 is 33.3 Å². The third kappa shape index (κ3) is 3.35. The van der Waals surface area contributed by atoms with Crippen molar-refractivity contribution in [1.29, 1.82) is 0 Å². The maximum atomic E-state index is 11.1. The van der Waals surface area contributed by atoms with E-state index in [-0.39, 0.29) is 0 Å². The van der Waals surface area contributed by atoms with Crippen molar-refractivity contribution in [2.75, 3.05) is 17.9 Å². The van der Waals surface area contributed by atoms with Crippen molar-refractivity contribution in [3.63, 3.8) is 0 Å². The van der Waals surface area contributed by atoms with E-state index in [4.69, 9.17) is 0 Å². The molecular weight excluding hydrogens is 210 g/mol. The molecule has 2 nitrogen and oxygen atoms in total. The van der Waals surface area contributed by atoms with Gasteiger partial charge in [0.2, 0.25) is 0 Å². The Hall–Kier alpha value is 0.290. The van der Waals surface area contributed by atoms with E-state index in [1.165, 1.54) is 0 Å². The lowest BCUT2D eigenvalue weighted by atomic mass is 10.4. The van der Waals surface area contributed by atoms with E-state index < -0.39 is 0 Å². The SMILES string of the molecule is CSCSSC1=CC=CCN1[O-]. The number of rotatable bonds is 4. The highest BCUT2D eigenvalue weighted by atomic mass is 33.1. The van der Waals surface area contributed by atoms with E-state index in [1.54, 1.807) is 33.3 Å². The van der Waals surface area contributed by atoms with Gasteiger partial charge in [-0.05, 0) is 23.1 Å². The number of hydrogen-bond acceptors (Lipinski definition) is 5. The second-order valence-corrected chi connectivity index (χ2v) is 5.65. The largest absolute Gasteiger partial charge is 0.758 e. The zero-order valence-electron chi connectivity index (χ0n) is 6.73. The smallest absolute Gasteiger partial charge is 0.0711 e. The lowest BCUT2D eigenvalue weighted by Crippen LogP contribution is -2.14. The van der Waals surface area contributed by atoms with Crippen LogP contribution in [-0.2, 0) is 0 Å². The molecule has 1 heterocycles. The summed E-state index contributed by atoms with van der Waals surface area (Å²) in [7, 11) is 3.25. The number of allylic oxidation sites excluding steroid dienone is 2. The first-order valence-electron chi connectivity index (χ1n) is 3.44. The molecule has 0 radical (unpaired) electrons. The van der Waals surface area contributed by atoms with Crippen LogP contribution in [0.5, 0.6) is 0 Å². The molecule has 0 atom stereocenters. The predicted octanol–water partition coefficient (Wildman–Crippen LogP) is 2.90. The van der Waals surface area contributed by atoms with E-state index in [1.807, 2.05) is 18.2 Å². The van der Waals surface area contributed by atoms with Gasteiger partial charge in [-0.1, -0.05) is 22.9 Å². The fraction of sp³-hybridized carbons (Fsp3) is 0.429. The Morgan fingerprint density at radius 1 is 1.67 bits per heavy atom. The molecule has 0 saturated carbocycles. The summed E-state index contributed by atoms with van der Waals surface area (Å²) < 4.78 is 0. The van der Waals surface area contributed by atoms with E-state index in [0.29, 0.717) is 6.54 Å². The second-order valence-electron chi connectivity index (χ2n) is 2.10. The van der Waals surface area contributed by atoms with Crippen molar-refractivity contribution >= 4 is 33.3 Å². The fourth-order valence-electron chi connectivity index (χ4n) is 0.682. The highest BCUT2D eigenvalue weighted by molar-refractivity contribution is 8.79. The van der Waals surface area contributed by atoms with Gasteiger partial charge in [0.15, 0.2) is 0 Å². The Kier molecular flexibility index (Phi) is 5.06. The maximum absolute atomic E-state index is 11.1. The minimum Gasteiger partial charge on any atom is -0.758 e. The van der Waals surface area contributed by atoms with Gasteiger partial charge in [0, 0.05) is 11.6 Å². The molecule has 12 heavy (non-hydrogen) atoms. The van der Waals surface area contributed by atoms with Crippen LogP contribution in [0, 0.1) is 5.21 Å². The van der Waals surface area contributed by atoms with Gasteiger partial charge in [-0.25, -0.2) is 0 Å². The molecule has 0 aromatic carbocycles. The molecule has 0 amide bonds. The van der Waals surface area contributed by atoms with Gasteiger partial charge < -0.3 is 10.3 Å². The van der Waals surface area contributed by atoms with E-state index in [0.717, 1.165) is 15.2 Å². The summed E-state index contributed by atoms with van der Waals surface area (Å²) in [4.78, 5) is 0. The van der Waals surface area contributed by atoms with Crippen LogP contribution in [0.25, 0.3) is 0 Å². The second kappa shape index (κ2) is 5.85. The summed E-state index contributed by atoms with van der Waals surface area (Å²) in [5.41, 5.74) is 0. The molecule has 0 fully saturated rings. The summed E-state index contributed by atoms with van der Waals surface area (Å²) in [6, 6.07) is 0. The maximum Gasteiger partial charge on any atom is 0.0711 e. The van der Waals surface area contributed by atoms with Crippen LogP contribution < -0.4 is 0 Å². The average molecular weight is 220 g/mol. The summed E-state index contributed by atoms with van der Waals surface area (Å²) in [6.07, 6.45) is 7.69. The molecule has 1 aliphatic heterocycles. The molecule has 1 aliphatic rings. The van der Waals surface area contributed by atoms with Crippen LogP contribution in [-0.4, -0.2) is 22.9 Å². The summed E-state index contributed by atoms with van der Waals surface area (Å²) >= 11 is 1.77. The number of hydrogen-bond donors (Lipinski definition) is 0. The molecule has 0 spiro atoms. The van der Waals surface area contributed by atoms with Gasteiger partial charge in [-0.15, -0.1) is 0 Å². The fourth-order valence-corrected chi connectivity index (χ4v) is 3.75. The first kappa shape index (κ1) is 10.4. The Labute approximate surface area is 84.8 Å². The predicted molar refractivity (Wildman–Crippen MR) is 60.9 cm³/mol. The van der Waals surface area contributed by atoms with Crippen LogP contribution in [0.15, 0.2) is 23.3 Å². The van der Waals surface area contributed by atoms with E-state index >= 15 is 0 Å². The Morgan fingerprint density at radius 3 is 3.17 bits per heavy atom. The molecule has 0 N–H and O–H groups in total. The van der Waals surface area contributed by atoms with Gasteiger partial charge in [0.25, 0.3) is 0 Å². The van der Waals surface area contributed by atoms with Crippen molar-refractivity contribution in [3.05, 3.63) is 28.5 Å². The monoisotopic (exact) mass is 220 g/mol. The normalized spacial score (nSPS) is 16.5. The van der Waals surface area contributed by atoms with Crippen LogP contribution in [0.2, 0.25) is 0 Å². The molecule has 1 rings (SSSR count). The molecular formula is C7H10NOS3-. The van der Waals surface area contributed by atoms with Crippen molar-refractivity contribution in [1.82, 2.24) is 5.06 Å². The number of nitrogens with zero attached hydrogens (tertiary/aromatic N) is 1. The molecule has 68 valence electrons. The van der Waals surface area contributed by atoms with Crippen molar-refractivity contribution in [3.8, 4) is 0 Å². The quantitative estimate of drug-likeness (QED) is 0.412. The molecule has 0 aromatic heterocycles. The summed E-state index contributed by atoms with van der Waals surface area (Å²) in [5.74, 6) is 0. The molecule has 0 aromatic rings. The summed E-state index contributed by atoms with van der Waals surface area (Å²) in [5, 5.41) is 14.0. The number of hydroxylamine groups is 2.